The van der Waals surface area contributed by atoms with Gasteiger partial charge in [-0.3, -0.25) is 0 Å². The average Bonchev–Trinajstić information content (AvgIpc) is 2.82. The van der Waals surface area contributed by atoms with E-state index in [1.54, 1.807) is 0 Å². The zero-order valence-electron chi connectivity index (χ0n) is 12.2. The Morgan fingerprint density at radius 3 is 2.47 bits per heavy atom. The van der Waals surface area contributed by atoms with E-state index in [4.69, 9.17) is 0 Å². The second-order valence-corrected chi connectivity index (χ2v) is 8.36. The fourth-order valence-electron chi connectivity index (χ4n) is 3.49. The standard InChI is InChI=1S/C15H25BrN2S/c1-17-13(11-12-7-8-14(16)19-12)15(18(2)3)9-5-4-6-10-15/h7-8,13,17H,4-6,9-11H2,1-3H3. The Morgan fingerprint density at radius 1 is 1.32 bits per heavy atom. The molecule has 0 aliphatic heterocycles. The molecular formula is C15H25BrN2S. The van der Waals surface area contributed by atoms with Crippen LogP contribution in [0.25, 0.3) is 0 Å². The quantitative estimate of drug-likeness (QED) is 0.871. The number of nitrogens with zero attached hydrogens (tertiary/aromatic N) is 1. The SMILES string of the molecule is CNC(Cc1ccc(Br)s1)C1(N(C)C)CCCCC1. The topological polar surface area (TPSA) is 15.3 Å². The molecule has 19 heavy (non-hydrogen) atoms. The number of hydrogen-bond donors (Lipinski definition) is 1. The Kier molecular flexibility index (Phi) is 5.46. The zero-order chi connectivity index (χ0) is 13.9. The maximum atomic E-state index is 3.60. The second-order valence-electron chi connectivity index (χ2n) is 5.81. The molecule has 0 saturated heterocycles. The highest BCUT2D eigenvalue weighted by Gasteiger charge is 2.41. The average molecular weight is 345 g/mol. The monoisotopic (exact) mass is 344 g/mol. The summed E-state index contributed by atoms with van der Waals surface area (Å²) in [5.74, 6) is 0. The number of halogens is 1. The molecule has 1 aromatic rings. The lowest BCUT2D eigenvalue weighted by molar-refractivity contribution is 0.0601. The molecule has 1 saturated carbocycles. The number of nitrogens with one attached hydrogen (secondary N) is 1. The van der Waals surface area contributed by atoms with Crippen molar-refractivity contribution < 1.29 is 0 Å². The highest BCUT2D eigenvalue weighted by atomic mass is 79.9. The molecule has 1 N–H and O–H groups in total. The van der Waals surface area contributed by atoms with Gasteiger partial charge in [0.15, 0.2) is 0 Å². The third kappa shape index (κ3) is 3.41. The highest BCUT2D eigenvalue weighted by molar-refractivity contribution is 9.11. The Bertz CT molecular complexity index is 397. The predicted molar refractivity (Wildman–Crippen MR) is 88.1 cm³/mol. The molecule has 0 aromatic carbocycles. The summed E-state index contributed by atoms with van der Waals surface area (Å²) in [6.07, 6.45) is 7.90. The van der Waals surface area contributed by atoms with Crippen LogP contribution in [0.5, 0.6) is 0 Å². The van der Waals surface area contributed by atoms with Crippen molar-refractivity contribution in [2.75, 3.05) is 21.1 Å². The van der Waals surface area contributed by atoms with Crippen LogP contribution in [-0.4, -0.2) is 37.6 Å². The van der Waals surface area contributed by atoms with Crippen LogP contribution in [0, 0.1) is 0 Å². The summed E-state index contributed by atoms with van der Waals surface area (Å²) in [5, 5.41) is 3.60. The largest absolute Gasteiger partial charge is 0.315 e. The van der Waals surface area contributed by atoms with E-state index in [9.17, 15) is 0 Å². The summed E-state index contributed by atoms with van der Waals surface area (Å²) in [6.45, 7) is 0. The normalized spacial score (nSPS) is 20.7. The summed E-state index contributed by atoms with van der Waals surface area (Å²) in [5.41, 5.74) is 0.323. The van der Waals surface area contributed by atoms with Crippen molar-refractivity contribution in [1.82, 2.24) is 10.2 Å². The smallest absolute Gasteiger partial charge is 0.0701 e. The van der Waals surface area contributed by atoms with E-state index in [0.29, 0.717) is 11.6 Å². The zero-order valence-corrected chi connectivity index (χ0v) is 14.6. The van der Waals surface area contributed by atoms with Crippen LogP contribution in [0.1, 0.15) is 37.0 Å². The van der Waals surface area contributed by atoms with Crippen molar-refractivity contribution in [2.45, 2.75) is 50.1 Å². The summed E-state index contributed by atoms with van der Waals surface area (Å²) in [7, 11) is 6.62. The van der Waals surface area contributed by atoms with Crippen LogP contribution in [0.15, 0.2) is 15.9 Å². The van der Waals surface area contributed by atoms with Gasteiger partial charge >= 0.3 is 0 Å². The van der Waals surface area contributed by atoms with Crippen LogP contribution >= 0.6 is 27.3 Å². The van der Waals surface area contributed by atoms with Crippen LogP contribution in [-0.2, 0) is 6.42 Å². The number of likely N-dealkylation sites (N-methyl/N-ethyl adjacent to an activating group) is 2. The molecule has 108 valence electrons. The fourth-order valence-corrected chi connectivity index (χ4v) is 5.02. The first-order chi connectivity index (χ1) is 9.08. The van der Waals surface area contributed by atoms with Crippen molar-refractivity contribution >= 4 is 27.3 Å². The van der Waals surface area contributed by atoms with Crippen molar-refractivity contribution in [2.24, 2.45) is 0 Å². The van der Waals surface area contributed by atoms with Gasteiger partial charge in [-0.2, -0.15) is 0 Å². The van der Waals surface area contributed by atoms with E-state index in [0.717, 1.165) is 6.42 Å². The van der Waals surface area contributed by atoms with Gasteiger partial charge in [-0.15, -0.1) is 11.3 Å². The van der Waals surface area contributed by atoms with Crippen molar-refractivity contribution in [3.63, 3.8) is 0 Å². The third-order valence-corrected chi connectivity index (χ3v) is 6.29. The van der Waals surface area contributed by atoms with Crippen LogP contribution < -0.4 is 5.32 Å². The van der Waals surface area contributed by atoms with E-state index in [2.05, 4.69) is 59.4 Å². The van der Waals surface area contributed by atoms with E-state index in [-0.39, 0.29) is 0 Å². The first-order valence-corrected chi connectivity index (χ1v) is 8.78. The van der Waals surface area contributed by atoms with Gasteiger partial charge in [-0.1, -0.05) is 19.3 Å². The summed E-state index contributed by atoms with van der Waals surface area (Å²) in [4.78, 5) is 3.94. The number of rotatable bonds is 5. The van der Waals surface area contributed by atoms with Gasteiger partial charge in [-0.25, -0.2) is 0 Å². The fraction of sp³-hybridized carbons (Fsp3) is 0.733. The molecule has 1 fully saturated rings. The lowest BCUT2D eigenvalue weighted by Crippen LogP contribution is -2.60. The molecule has 1 aliphatic rings. The van der Waals surface area contributed by atoms with Gasteiger partial charge in [0.05, 0.1) is 3.79 Å². The maximum Gasteiger partial charge on any atom is 0.0701 e. The van der Waals surface area contributed by atoms with E-state index < -0.39 is 0 Å². The van der Waals surface area contributed by atoms with E-state index in [1.807, 2.05) is 11.3 Å². The van der Waals surface area contributed by atoms with Gasteiger partial charge in [0.1, 0.15) is 0 Å². The first-order valence-electron chi connectivity index (χ1n) is 7.17. The molecule has 1 aliphatic carbocycles. The minimum Gasteiger partial charge on any atom is -0.315 e. The lowest BCUT2D eigenvalue weighted by atomic mass is 9.74. The molecule has 1 heterocycles. The predicted octanol–water partition coefficient (Wildman–Crippen LogP) is 3.91. The highest BCUT2D eigenvalue weighted by Crippen LogP contribution is 2.37. The lowest BCUT2D eigenvalue weighted by Gasteiger charge is -2.48. The van der Waals surface area contributed by atoms with Crippen molar-refractivity contribution in [1.29, 1.82) is 0 Å². The minimum absolute atomic E-state index is 0.323. The summed E-state index contributed by atoms with van der Waals surface area (Å²) in [6, 6.07) is 4.95. The van der Waals surface area contributed by atoms with Crippen molar-refractivity contribution in [3.05, 3.63) is 20.8 Å². The van der Waals surface area contributed by atoms with Crippen LogP contribution in [0.2, 0.25) is 0 Å². The van der Waals surface area contributed by atoms with E-state index in [1.165, 1.54) is 40.8 Å². The molecular weight excluding hydrogens is 320 g/mol. The molecule has 1 aromatic heterocycles. The third-order valence-electron chi connectivity index (χ3n) is 4.64. The minimum atomic E-state index is 0.323. The van der Waals surface area contributed by atoms with Gasteiger partial charge in [-0.05, 0) is 68.5 Å². The molecule has 4 heteroatoms. The Hall–Kier alpha value is 0.1000. The van der Waals surface area contributed by atoms with Crippen LogP contribution in [0.4, 0.5) is 0 Å². The summed E-state index contributed by atoms with van der Waals surface area (Å²) < 4.78 is 1.24. The van der Waals surface area contributed by atoms with Gasteiger partial charge in [0.25, 0.3) is 0 Å². The van der Waals surface area contributed by atoms with Crippen LogP contribution in [0.3, 0.4) is 0 Å². The number of thiophene rings is 1. The van der Waals surface area contributed by atoms with Gasteiger partial charge < -0.3 is 10.2 Å². The molecule has 0 amide bonds. The van der Waals surface area contributed by atoms with E-state index >= 15 is 0 Å². The molecule has 2 rings (SSSR count). The Morgan fingerprint density at radius 2 is 2.00 bits per heavy atom. The second kappa shape index (κ2) is 6.70. The molecule has 1 atom stereocenters. The maximum absolute atomic E-state index is 3.60. The molecule has 2 nitrogen and oxygen atoms in total. The van der Waals surface area contributed by atoms with Gasteiger partial charge in [0.2, 0.25) is 0 Å². The number of hydrogen-bond acceptors (Lipinski definition) is 3. The Balaban J connectivity index is 2.17. The Labute approximate surface area is 129 Å². The molecule has 0 spiro atoms. The summed E-state index contributed by atoms with van der Waals surface area (Å²) >= 11 is 5.43. The molecule has 0 bridgehead atoms. The molecule has 1 unspecified atom stereocenters. The van der Waals surface area contributed by atoms with Gasteiger partial charge in [0, 0.05) is 16.5 Å². The van der Waals surface area contributed by atoms with Crippen molar-refractivity contribution in [3.8, 4) is 0 Å². The first kappa shape index (κ1) is 15.5. The molecule has 0 radical (unpaired) electrons.